The summed E-state index contributed by atoms with van der Waals surface area (Å²) in [6, 6.07) is 0.630. The Kier molecular flexibility index (Phi) is 4.64. The topological polar surface area (TPSA) is 41.7 Å². The first-order valence-electron chi connectivity index (χ1n) is 7.29. The molecule has 1 saturated carbocycles. The fraction of sp³-hybridized carbons (Fsp3) is 1.00. The van der Waals surface area contributed by atoms with E-state index in [4.69, 9.17) is 10.5 Å². The smallest absolute Gasteiger partial charge is 0.0589 e. The first kappa shape index (κ1) is 14.3. The van der Waals surface area contributed by atoms with Crippen molar-refractivity contribution in [3.05, 3.63) is 0 Å². The van der Waals surface area contributed by atoms with Crippen LogP contribution in [-0.2, 0) is 4.74 Å². The van der Waals surface area contributed by atoms with Crippen molar-refractivity contribution < 1.29 is 4.74 Å². The number of nitrogens with zero attached hydrogens (tertiary/aromatic N) is 2. The lowest BCUT2D eigenvalue weighted by atomic mass is 9.78. The van der Waals surface area contributed by atoms with Gasteiger partial charge in [0.1, 0.15) is 0 Å². The summed E-state index contributed by atoms with van der Waals surface area (Å²) in [5, 5.41) is 0. The summed E-state index contributed by atoms with van der Waals surface area (Å²) in [6.07, 6.45) is 5.19. The van der Waals surface area contributed by atoms with Gasteiger partial charge in [-0.25, -0.2) is 0 Å². The average molecular weight is 255 g/mol. The third-order valence-corrected chi connectivity index (χ3v) is 5.12. The molecule has 1 aliphatic heterocycles. The molecule has 4 heteroatoms. The van der Waals surface area contributed by atoms with Crippen molar-refractivity contribution in [3.63, 3.8) is 0 Å². The monoisotopic (exact) mass is 255 g/mol. The third-order valence-electron chi connectivity index (χ3n) is 5.12. The molecule has 18 heavy (non-hydrogen) atoms. The second kappa shape index (κ2) is 5.87. The highest BCUT2D eigenvalue weighted by Gasteiger charge is 2.42. The van der Waals surface area contributed by atoms with E-state index in [1.54, 1.807) is 0 Å². The van der Waals surface area contributed by atoms with Gasteiger partial charge in [-0.2, -0.15) is 0 Å². The molecule has 106 valence electrons. The Morgan fingerprint density at radius 2 is 2.17 bits per heavy atom. The number of ether oxygens (including phenoxy) is 1. The van der Waals surface area contributed by atoms with Crippen LogP contribution >= 0.6 is 0 Å². The molecule has 4 nitrogen and oxygen atoms in total. The summed E-state index contributed by atoms with van der Waals surface area (Å²) in [6.45, 7) is 6.52. The van der Waals surface area contributed by atoms with Gasteiger partial charge in [0.2, 0.25) is 0 Å². The molecule has 0 radical (unpaired) electrons. The molecule has 0 spiro atoms. The minimum Gasteiger partial charge on any atom is -0.381 e. The highest BCUT2D eigenvalue weighted by Crippen LogP contribution is 2.35. The molecule has 3 atom stereocenters. The van der Waals surface area contributed by atoms with Crippen molar-refractivity contribution in [2.45, 2.75) is 50.3 Å². The fourth-order valence-corrected chi connectivity index (χ4v) is 3.57. The number of methoxy groups -OCH3 is 1. The zero-order valence-corrected chi connectivity index (χ0v) is 12.2. The Morgan fingerprint density at radius 3 is 2.78 bits per heavy atom. The molecule has 2 N–H and O–H groups in total. The van der Waals surface area contributed by atoms with E-state index < -0.39 is 0 Å². The summed E-state index contributed by atoms with van der Waals surface area (Å²) < 4.78 is 5.59. The molecule has 1 saturated heterocycles. The van der Waals surface area contributed by atoms with Crippen LogP contribution in [0.3, 0.4) is 0 Å². The Labute approximate surface area is 111 Å². The van der Waals surface area contributed by atoms with Crippen LogP contribution in [0.2, 0.25) is 0 Å². The summed E-state index contributed by atoms with van der Waals surface area (Å²) in [5.41, 5.74) is 6.34. The first-order valence-corrected chi connectivity index (χ1v) is 7.29. The SMILES string of the molecule is COC1CCCC(CN)(N2CCN(C)C(C)C2)C1. The van der Waals surface area contributed by atoms with Crippen LogP contribution in [0, 0.1) is 0 Å². The summed E-state index contributed by atoms with van der Waals surface area (Å²) in [7, 11) is 4.06. The minimum absolute atomic E-state index is 0.189. The predicted molar refractivity (Wildman–Crippen MR) is 74.7 cm³/mol. The number of nitrogens with two attached hydrogens (primary N) is 1. The van der Waals surface area contributed by atoms with Crippen LogP contribution in [0.25, 0.3) is 0 Å². The molecule has 2 fully saturated rings. The van der Waals surface area contributed by atoms with Crippen LogP contribution in [0.4, 0.5) is 0 Å². The highest BCUT2D eigenvalue weighted by atomic mass is 16.5. The maximum Gasteiger partial charge on any atom is 0.0589 e. The van der Waals surface area contributed by atoms with Gasteiger partial charge >= 0.3 is 0 Å². The molecule has 3 unspecified atom stereocenters. The number of hydrogen-bond donors (Lipinski definition) is 1. The Morgan fingerprint density at radius 1 is 1.39 bits per heavy atom. The van der Waals surface area contributed by atoms with Crippen molar-refractivity contribution in [2.75, 3.05) is 40.3 Å². The average Bonchev–Trinajstić information content (AvgIpc) is 2.41. The second-order valence-electron chi connectivity index (χ2n) is 6.16. The Balaban J connectivity index is 2.07. The molecule has 0 bridgehead atoms. The predicted octanol–water partition coefficient (Wildman–Crippen LogP) is 0.909. The van der Waals surface area contributed by atoms with E-state index in [0.717, 1.165) is 32.6 Å². The standard InChI is InChI=1S/C14H29N3O/c1-12-10-17(8-7-16(12)2)14(11-15)6-4-5-13(9-14)18-3/h12-13H,4-11,15H2,1-3H3. The van der Waals surface area contributed by atoms with Crippen molar-refractivity contribution in [2.24, 2.45) is 5.73 Å². The fourth-order valence-electron chi connectivity index (χ4n) is 3.57. The Hall–Kier alpha value is -0.160. The first-order chi connectivity index (χ1) is 8.61. The van der Waals surface area contributed by atoms with E-state index in [0.29, 0.717) is 12.1 Å². The van der Waals surface area contributed by atoms with Gasteiger partial charge in [0, 0.05) is 44.9 Å². The summed E-state index contributed by atoms with van der Waals surface area (Å²) in [5.74, 6) is 0. The van der Waals surface area contributed by atoms with Crippen LogP contribution in [0.5, 0.6) is 0 Å². The molecular formula is C14H29N3O. The van der Waals surface area contributed by atoms with Gasteiger partial charge in [0.25, 0.3) is 0 Å². The lowest BCUT2D eigenvalue weighted by Crippen LogP contribution is -2.63. The van der Waals surface area contributed by atoms with Crippen molar-refractivity contribution in [1.82, 2.24) is 9.80 Å². The van der Waals surface area contributed by atoms with Gasteiger partial charge < -0.3 is 15.4 Å². The molecule has 1 heterocycles. The van der Waals surface area contributed by atoms with E-state index in [2.05, 4.69) is 23.8 Å². The lowest BCUT2D eigenvalue weighted by molar-refractivity contribution is -0.0473. The van der Waals surface area contributed by atoms with Crippen molar-refractivity contribution in [3.8, 4) is 0 Å². The number of rotatable bonds is 3. The Bertz CT molecular complexity index is 274. The van der Waals surface area contributed by atoms with Gasteiger partial charge in [-0.05, 0) is 39.7 Å². The van der Waals surface area contributed by atoms with Crippen molar-refractivity contribution in [1.29, 1.82) is 0 Å². The van der Waals surface area contributed by atoms with Crippen LogP contribution in [0.15, 0.2) is 0 Å². The molecule has 1 aliphatic carbocycles. The minimum atomic E-state index is 0.189. The molecule has 0 aromatic carbocycles. The zero-order valence-electron chi connectivity index (χ0n) is 12.2. The normalized spacial score (nSPS) is 40.0. The third kappa shape index (κ3) is 2.72. The van der Waals surface area contributed by atoms with E-state index in [9.17, 15) is 0 Å². The maximum absolute atomic E-state index is 6.16. The molecular weight excluding hydrogens is 226 g/mol. The second-order valence-corrected chi connectivity index (χ2v) is 6.16. The molecule has 2 rings (SSSR count). The molecule has 0 aromatic heterocycles. The van der Waals surface area contributed by atoms with E-state index in [1.807, 2.05) is 7.11 Å². The van der Waals surface area contributed by atoms with Crippen LogP contribution < -0.4 is 5.73 Å². The highest BCUT2D eigenvalue weighted by molar-refractivity contribution is 4.99. The molecule has 0 amide bonds. The van der Waals surface area contributed by atoms with E-state index in [-0.39, 0.29) is 5.54 Å². The summed E-state index contributed by atoms with van der Waals surface area (Å²) in [4.78, 5) is 5.08. The van der Waals surface area contributed by atoms with Gasteiger partial charge in [0.05, 0.1) is 6.10 Å². The number of hydrogen-bond acceptors (Lipinski definition) is 4. The molecule has 0 aromatic rings. The van der Waals surface area contributed by atoms with Crippen LogP contribution in [-0.4, -0.2) is 67.8 Å². The van der Waals surface area contributed by atoms with Gasteiger partial charge in [-0.3, -0.25) is 4.90 Å². The van der Waals surface area contributed by atoms with E-state index in [1.165, 1.54) is 19.3 Å². The van der Waals surface area contributed by atoms with Crippen molar-refractivity contribution >= 4 is 0 Å². The lowest BCUT2D eigenvalue weighted by Gasteiger charge is -2.52. The van der Waals surface area contributed by atoms with E-state index >= 15 is 0 Å². The zero-order chi connectivity index (χ0) is 13.2. The quantitative estimate of drug-likeness (QED) is 0.814. The number of likely N-dealkylation sites (N-methyl/N-ethyl adjacent to an activating group) is 1. The van der Waals surface area contributed by atoms with Gasteiger partial charge in [0.15, 0.2) is 0 Å². The van der Waals surface area contributed by atoms with Gasteiger partial charge in [-0.1, -0.05) is 0 Å². The largest absolute Gasteiger partial charge is 0.381 e. The summed E-state index contributed by atoms with van der Waals surface area (Å²) >= 11 is 0. The van der Waals surface area contributed by atoms with Crippen LogP contribution in [0.1, 0.15) is 32.6 Å². The number of piperazine rings is 1. The molecule has 2 aliphatic rings. The maximum atomic E-state index is 6.16. The van der Waals surface area contributed by atoms with Gasteiger partial charge in [-0.15, -0.1) is 0 Å².